The Kier molecular flexibility index (Phi) is 9.21. The number of rotatable bonds is 9. The summed E-state index contributed by atoms with van der Waals surface area (Å²) in [6, 6.07) is 4.39. The predicted octanol–water partition coefficient (Wildman–Crippen LogP) is 3.20. The lowest BCUT2D eigenvalue weighted by Gasteiger charge is -2.65. The lowest BCUT2D eigenvalue weighted by molar-refractivity contribution is -0.354. The maximum atomic E-state index is 13.8. The summed E-state index contributed by atoms with van der Waals surface area (Å²) in [5.41, 5.74) is -7.26. The lowest BCUT2D eigenvalue weighted by Crippen LogP contribution is -2.83. The van der Waals surface area contributed by atoms with Crippen LogP contribution >= 0.6 is 0 Å². The second-order valence-corrected chi connectivity index (χ2v) is 13.7. The highest BCUT2D eigenvalue weighted by molar-refractivity contribution is 5.90. The first kappa shape index (κ1) is 35.0. The van der Waals surface area contributed by atoms with Gasteiger partial charge in [0.15, 0.2) is 11.7 Å². The van der Waals surface area contributed by atoms with Gasteiger partial charge in [-0.25, -0.2) is 9.59 Å². The molecular weight excluding hydrogens is 630 g/mol. The molecular formula is C34H41NO13. The van der Waals surface area contributed by atoms with Crippen LogP contribution in [0.5, 0.6) is 0 Å². The van der Waals surface area contributed by atoms with Crippen LogP contribution in [0.2, 0.25) is 0 Å². The summed E-state index contributed by atoms with van der Waals surface area (Å²) in [6.45, 7) is 9.81. The summed E-state index contributed by atoms with van der Waals surface area (Å²) < 4.78 is 42.1. The van der Waals surface area contributed by atoms with Gasteiger partial charge in [-0.3, -0.25) is 19.4 Å². The molecule has 1 spiro atoms. The summed E-state index contributed by atoms with van der Waals surface area (Å²) in [6.07, 6.45) is -0.841. The van der Waals surface area contributed by atoms with E-state index in [0.717, 1.165) is 20.1 Å². The Hall–Kier alpha value is -4.30. The number of ether oxygens (including phenoxy) is 6. The van der Waals surface area contributed by atoms with Gasteiger partial charge in [0.25, 0.3) is 0 Å². The molecule has 3 aliphatic rings. The molecule has 2 aliphatic carbocycles. The van der Waals surface area contributed by atoms with Crippen molar-refractivity contribution in [1.29, 1.82) is 0 Å². The fraction of sp³-hybridized carbons (Fsp3) is 0.588. The van der Waals surface area contributed by atoms with E-state index in [2.05, 4.69) is 4.98 Å². The van der Waals surface area contributed by atoms with Crippen molar-refractivity contribution in [3.63, 3.8) is 0 Å². The zero-order chi connectivity index (χ0) is 35.2. The highest BCUT2D eigenvalue weighted by atomic mass is 16.6. The topological polar surface area (TPSA) is 187 Å². The molecule has 2 bridgehead atoms. The van der Waals surface area contributed by atoms with Crippen molar-refractivity contribution in [3.05, 3.63) is 54.2 Å². The molecule has 48 heavy (non-hydrogen) atoms. The number of fused-ring (bicyclic) bond motifs is 1. The maximum Gasteiger partial charge on any atom is 0.341 e. The number of pyridine rings is 1. The number of aromatic nitrogens is 1. The minimum atomic E-state index is -2.08. The minimum absolute atomic E-state index is 0.00126. The Morgan fingerprint density at radius 2 is 1.67 bits per heavy atom. The van der Waals surface area contributed by atoms with Gasteiger partial charge in [-0.05, 0) is 45.4 Å². The van der Waals surface area contributed by atoms with Crippen LogP contribution in [0.4, 0.5) is 0 Å². The average molecular weight is 672 g/mol. The van der Waals surface area contributed by atoms with Crippen molar-refractivity contribution in [3.8, 4) is 0 Å². The number of carbonyl (C=O) groups is 5. The zero-order valence-electron chi connectivity index (χ0n) is 27.9. The molecule has 8 atom stereocenters. The van der Waals surface area contributed by atoms with Gasteiger partial charge in [0.1, 0.15) is 36.6 Å². The summed E-state index contributed by atoms with van der Waals surface area (Å²) in [5.74, 6) is -5.17. The normalized spacial score (nSPS) is 33.2. The Morgan fingerprint density at radius 3 is 2.25 bits per heavy atom. The molecule has 2 aromatic rings. The van der Waals surface area contributed by atoms with Gasteiger partial charge < -0.3 is 37.9 Å². The maximum absolute atomic E-state index is 13.8. The van der Waals surface area contributed by atoms with Crippen LogP contribution in [-0.2, 0) is 42.8 Å². The zero-order valence-corrected chi connectivity index (χ0v) is 27.9. The second kappa shape index (κ2) is 12.6. The van der Waals surface area contributed by atoms with Gasteiger partial charge in [0.05, 0.1) is 34.5 Å². The molecule has 1 saturated heterocycles. The van der Waals surface area contributed by atoms with Crippen LogP contribution in [0, 0.1) is 17.3 Å². The molecule has 0 aromatic carbocycles. The first-order valence-corrected chi connectivity index (χ1v) is 15.7. The van der Waals surface area contributed by atoms with E-state index >= 15 is 0 Å². The van der Waals surface area contributed by atoms with Crippen LogP contribution < -0.4 is 0 Å². The summed E-state index contributed by atoms with van der Waals surface area (Å²) in [7, 11) is 0. The molecule has 1 aliphatic heterocycles. The molecule has 3 heterocycles. The van der Waals surface area contributed by atoms with E-state index in [-0.39, 0.29) is 24.0 Å². The fourth-order valence-electron chi connectivity index (χ4n) is 7.76. The number of carbonyl (C=O) groups excluding carboxylic acids is 5. The molecule has 0 radical (unpaired) electrons. The Morgan fingerprint density at radius 1 is 0.958 bits per heavy atom. The summed E-state index contributed by atoms with van der Waals surface area (Å²) >= 11 is 0. The number of hydrogen-bond acceptors (Lipinski definition) is 14. The molecule has 2 saturated carbocycles. The van der Waals surface area contributed by atoms with E-state index < -0.39 is 94.9 Å². The van der Waals surface area contributed by atoms with Gasteiger partial charge in [-0.1, -0.05) is 13.8 Å². The van der Waals surface area contributed by atoms with Crippen molar-refractivity contribution >= 4 is 29.8 Å². The van der Waals surface area contributed by atoms with Crippen LogP contribution in [0.3, 0.4) is 0 Å². The lowest BCUT2D eigenvalue weighted by atomic mass is 9.46. The van der Waals surface area contributed by atoms with Gasteiger partial charge in [-0.15, -0.1) is 0 Å². The molecule has 260 valence electrons. The van der Waals surface area contributed by atoms with E-state index in [1.165, 1.54) is 37.7 Å². The number of nitrogens with zero attached hydrogens (tertiary/aromatic N) is 1. The third-order valence-corrected chi connectivity index (χ3v) is 9.74. The van der Waals surface area contributed by atoms with E-state index in [4.69, 9.17) is 32.8 Å². The third-order valence-electron chi connectivity index (χ3n) is 9.74. The van der Waals surface area contributed by atoms with Crippen molar-refractivity contribution < 1.29 is 61.9 Å². The number of esters is 5. The monoisotopic (exact) mass is 671 g/mol. The predicted molar refractivity (Wildman–Crippen MR) is 162 cm³/mol. The van der Waals surface area contributed by atoms with Crippen molar-refractivity contribution in [1.82, 2.24) is 4.98 Å². The van der Waals surface area contributed by atoms with Crippen LogP contribution in [0.25, 0.3) is 0 Å². The number of aliphatic hydroxyl groups is 1. The quantitative estimate of drug-likeness (QED) is 0.302. The van der Waals surface area contributed by atoms with E-state index in [0.29, 0.717) is 0 Å². The molecule has 3 fully saturated rings. The Balaban J connectivity index is 1.82. The van der Waals surface area contributed by atoms with Gasteiger partial charge in [0, 0.05) is 38.6 Å². The van der Waals surface area contributed by atoms with Crippen LogP contribution in [0.1, 0.15) is 82.0 Å². The molecule has 2 aromatic heterocycles. The first-order valence-electron chi connectivity index (χ1n) is 15.7. The smallest absolute Gasteiger partial charge is 0.341 e. The highest BCUT2D eigenvalue weighted by Crippen LogP contribution is 2.69. The Labute approximate surface area is 277 Å². The van der Waals surface area contributed by atoms with Crippen molar-refractivity contribution in [2.24, 2.45) is 17.3 Å². The van der Waals surface area contributed by atoms with E-state index in [9.17, 15) is 29.1 Å². The molecule has 1 N–H and O–H groups in total. The number of furan rings is 1. The van der Waals surface area contributed by atoms with Gasteiger partial charge >= 0.3 is 29.8 Å². The summed E-state index contributed by atoms with van der Waals surface area (Å²) in [4.78, 5) is 70.0. The van der Waals surface area contributed by atoms with Crippen LogP contribution in [-0.4, -0.2) is 87.8 Å². The molecule has 14 heteroatoms. The van der Waals surface area contributed by atoms with Crippen LogP contribution in [0.15, 0.2) is 47.5 Å². The Bertz CT molecular complexity index is 1550. The third kappa shape index (κ3) is 5.74. The molecule has 5 rings (SSSR count). The van der Waals surface area contributed by atoms with E-state index in [1.807, 2.05) is 0 Å². The number of hydrogen-bond donors (Lipinski definition) is 1. The van der Waals surface area contributed by atoms with Gasteiger partial charge in [-0.2, -0.15) is 0 Å². The average Bonchev–Trinajstić information content (AvgIpc) is 3.60. The molecule has 0 amide bonds. The van der Waals surface area contributed by atoms with Crippen molar-refractivity contribution in [2.75, 3.05) is 6.61 Å². The fourth-order valence-corrected chi connectivity index (χ4v) is 7.76. The SMILES string of the molecule is CC(=O)OC[C@@]12[C@H](OC(=O)c3ccoc3)[C@@H](OC(C)=O)C[C@](C)(O)[C@]13OC(C)(C)[C@@H](C[C@H]2OC(=O)c1cccnc1)[C@H]3OC(=O)C(C)C. The highest BCUT2D eigenvalue weighted by Gasteiger charge is 2.86. The summed E-state index contributed by atoms with van der Waals surface area (Å²) in [5, 5.41) is 12.7. The molecule has 0 unspecified atom stereocenters. The van der Waals surface area contributed by atoms with E-state index in [1.54, 1.807) is 33.8 Å². The largest absolute Gasteiger partial charge is 0.472 e. The van der Waals surface area contributed by atoms with Crippen molar-refractivity contribution in [2.45, 2.75) is 103 Å². The first-order chi connectivity index (χ1) is 22.5. The second-order valence-electron chi connectivity index (χ2n) is 13.7. The molecule has 14 nitrogen and oxygen atoms in total. The standard InChI is InChI=1S/C34H41NO13/c1-18(2)28(38)46-26-23-13-25(45-29(39)21-9-8-11-35-15-21)33(17-43-19(3)36)27(47-30(40)22-10-12-42-16-22)24(44-20(4)37)14-32(7,41)34(26,33)48-31(23,5)6/h8-12,15-16,18,23-27,41H,13-14,17H2,1-7H3/t23-,24-,25+,26+,27+,32-,33+,34-/m0/s1. The van der Waals surface area contributed by atoms with Gasteiger partial charge in [0.2, 0.25) is 0 Å². The minimum Gasteiger partial charge on any atom is -0.472 e.